The molecule has 1 saturated heterocycles. The third kappa shape index (κ3) is 3.88. The highest BCUT2D eigenvalue weighted by atomic mass is 79.9. The molecule has 11 heteroatoms. The van der Waals surface area contributed by atoms with Crippen molar-refractivity contribution in [2.24, 2.45) is 0 Å². The molecule has 7 nitrogen and oxygen atoms in total. The number of furan rings is 1. The molecule has 1 amide bonds. The molecule has 0 unspecified atom stereocenters. The Hall–Kier alpha value is -2.40. The topological polar surface area (TPSA) is 66.9 Å². The standard InChI is InChI=1S/C18H17BrF3N5O2/c1-11-9-13(18(20,21)22)27-16(23-11)14(19)15(24-27)17(28)26-6-4-25(5-7-26)10-12-3-2-8-29-12/h2-3,8-9H,4-7,10H2,1H3. The zero-order chi connectivity index (χ0) is 20.8. The Morgan fingerprint density at radius 1 is 1.28 bits per heavy atom. The Balaban J connectivity index is 1.56. The van der Waals surface area contributed by atoms with Crippen molar-refractivity contribution in [3.05, 3.63) is 51.8 Å². The molecule has 154 valence electrons. The van der Waals surface area contributed by atoms with Gasteiger partial charge in [-0.3, -0.25) is 9.69 Å². The molecule has 4 rings (SSSR count). The maximum absolute atomic E-state index is 13.4. The van der Waals surface area contributed by atoms with E-state index in [-0.39, 0.29) is 21.5 Å². The van der Waals surface area contributed by atoms with Crippen molar-refractivity contribution in [1.29, 1.82) is 0 Å². The SMILES string of the molecule is Cc1cc(C(F)(F)F)n2nc(C(=O)N3CCN(Cc4ccco4)CC3)c(Br)c2n1. The Morgan fingerprint density at radius 3 is 2.62 bits per heavy atom. The molecule has 0 N–H and O–H groups in total. The number of nitrogens with zero attached hydrogens (tertiary/aromatic N) is 5. The van der Waals surface area contributed by atoms with Crippen LogP contribution in [0.25, 0.3) is 5.65 Å². The fraction of sp³-hybridized carbons (Fsp3) is 0.389. The molecule has 0 bridgehead atoms. The zero-order valence-electron chi connectivity index (χ0n) is 15.4. The predicted molar refractivity (Wildman–Crippen MR) is 100 cm³/mol. The lowest BCUT2D eigenvalue weighted by Gasteiger charge is -2.33. The molecule has 0 spiro atoms. The van der Waals surface area contributed by atoms with E-state index in [0.717, 1.165) is 11.8 Å². The van der Waals surface area contributed by atoms with Gasteiger partial charge in [-0.15, -0.1) is 0 Å². The number of amides is 1. The Labute approximate surface area is 172 Å². The summed E-state index contributed by atoms with van der Waals surface area (Å²) in [7, 11) is 0. The lowest BCUT2D eigenvalue weighted by atomic mass is 10.2. The van der Waals surface area contributed by atoms with Crippen LogP contribution in [0.1, 0.15) is 27.6 Å². The van der Waals surface area contributed by atoms with Gasteiger partial charge >= 0.3 is 6.18 Å². The van der Waals surface area contributed by atoms with Crippen LogP contribution in [-0.2, 0) is 12.7 Å². The summed E-state index contributed by atoms with van der Waals surface area (Å²) >= 11 is 3.22. The van der Waals surface area contributed by atoms with E-state index < -0.39 is 17.8 Å². The van der Waals surface area contributed by atoms with Gasteiger partial charge in [-0.05, 0) is 41.1 Å². The second kappa shape index (κ2) is 7.45. The summed E-state index contributed by atoms with van der Waals surface area (Å²) < 4.78 is 46.3. The smallest absolute Gasteiger partial charge is 0.433 e. The number of aryl methyl sites for hydroxylation is 1. The van der Waals surface area contributed by atoms with Gasteiger partial charge in [0.05, 0.1) is 17.3 Å². The number of halogens is 4. The average Bonchev–Trinajstić information content (AvgIpc) is 3.29. The van der Waals surface area contributed by atoms with Crippen molar-refractivity contribution >= 4 is 27.5 Å². The van der Waals surface area contributed by atoms with Crippen LogP contribution in [0.2, 0.25) is 0 Å². The van der Waals surface area contributed by atoms with Crippen LogP contribution >= 0.6 is 15.9 Å². The Kier molecular flexibility index (Phi) is 5.11. The van der Waals surface area contributed by atoms with Crippen LogP contribution in [0, 0.1) is 6.92 Å². The van der Waals surface area contributed by atoms with E-state index in [1.54, 1.807) is 11.2 Å². The highest BCUT2D eigenvalue weighted by Crippen LogP contribution is 2.32. The van der Waals surface area contributed by atoms with Crippen molar-refractivity contribution in [1.82, 2.24) is 24.4 Å². The number of rotatable bonds is 3. The second-order valence-electron chi connectivity index (χ2n) is 6.83. The number of piperazine rings is 1. The minimum atomic E-state index is -4.62. The fourth-order valence-electron chi connectivity index (χ4n) is 3.33. The summed E-state index contributed by atoms with van der Waals surface area (Å²) in [6.07, 6.45) is -3.00. The highest BCUT2D eigenvalue weighted by Gasteiger charge is 2.36. The third-order valence-corrected chi connectivity index (χ3v) is 5.50. The van der Waals surface area contributed by atoms with Gasteiger partial charge in [0.15, 0.2) is 11.3 Å². The number of alkyl halides is 3. The maximum atomic E-state index is 13.4. The van der Waals surface area contributed by atoms with Gasteiger partial charge < -0.3 is 9.32 Å². The maximum Gasteiger partial charge on any atom is 0.433 e. The monoisotopic (exact) mass is 471 g/mol. The molecule has 1 aliphatic heterocycles. The number of hydrogen-bond acceptors (Lipinski definition) is 5. The number of carbonyl (C=O) groups is 1. The number of carbonyl (C=O) groups excluding carboxylic acids is 1. The molecule has 1 fully saturated rings. The van der Waals surface area contributed by atoms with E-state index in [0.29, 0.717) is 37.2 Å². The molecule has 4 heterocycles. The van der Waals surface area contributed by atoms with Crippen molar-refractivity contribution < 1.29 is 22.4 Å². The van der Waals surface area contributed by atoms with Gasteiger partial charge in [-0.25, -0.2) is 9.50 Å². The Bertz CT molecular complexity index is 1040. The number of hydrogen-bond donors (Lipinski definition) is 0. The normalized spacial score (nSPS) is 16.0. The van der Waals surface area contributed by atoms with Gasteiger partial charge in [-0.1, -0.05) is 0 Å². The van der Waals surface area contributed by atoms with Gasteiger partial charge in [0.1, 0.15) is 11.5 Å². The molecule has 29 heavy (non-hydrogen) atoms. The van der Waals surface area contributed by atoms with E-state index in [1.165, 1.54) is 6.92 Å². The third-order valence-electron chi connectivity index (χ3n) is 4.77. The van der Waals surface area contributed by atoms with Crippen LogP contribution in [0.4, 0.5) is 13.2 Å². The van der Waals surface area contributed by atoms with Crippen molar-refractivity contribution in [2.75, 3.05) is 26.2 Å². The van der Waals surface area contributed by atoms with E-state index in [9.17, 15) is 18.0 Å². The molecule has 0 radical (unpaired) electrons. The van der Waals surface area contributed by atoms with E-state index >= 15 is 0 Å². The first-order valence-corrected chi connectivity index (χ1v) is 9.70. The number of fused-ring (bicyclic) bond motifs is 1. The summed E-state index contributed by atoms with van der Waals surface area (Å²) in [6.45, 7) is 4.25. The van der Waals surface area contributed by atoms with Crippen LogP contribution < -0.4 is 0 Å². The molecular weight excluding hydrogens is 455 g/mol. The predicted octanol–water partition coefficient (Wildman–Crippen LogP) is 3.37. The first-order chi connectivity index (χ1) is 13.7. The van der Waals surface area contributed by atoms with E-state index in [1.807, 2.05) is 12.1 Å². The molecule has 0 saturated carbocycles. The lowest BCUT2D eigenvalue weighted by molar-refractivity contribution is -0.142. The fourth-order valence-corrected chi connectivity index (χ4v) is 3.84. The number of aromatic nitrogens is 3. The first-order valence-electron chi connectivity index (χ1n) is 8.91. The minimum absolute atomic E-state index is 0.0304. The summed E-state index contributed by atoms with van der Waals surface area (Å²) in [6, 6.07) is 4.62. The second-order valence-corrected chi connectivity index (χ2v) is 7.62. The molecule has 0 aliphatic carbocycles. The van der Waals surface area contributed by atoms with E-state index in [4.69, 9.17) is 4.42 Å². The molecule has 1 aliphatic rings. The molecule has 3 aromatic heterocycles. The van der Waals surface area contributed by atoms with Crippen LogP contribution in [0.15, 0.2) is 33.4 Å². The van der Waals surface area contributed by atoms with Crippen molar-refractivity contribution in [3.8, 4) is 0 Å². The highest BCUT2D eigenvalue weighted by molar-refractivity contribution is 9.10. The first kappa shape index (κ1) is 19.9. The average molecular weight is 472 g/mol. The van der Waals surface area contributed by atoms with Gasteiger partial charge in [0, 0.05) is 31.9 Å². The quantitative estimate of drug-likeness (QED) is 0.585. The molecule has 0 aromatic carbocycles. The minimum Gasteiger partial charge on any atom is -0.468 e. The lowest BCUT2D eigenvalue weighted by Crippen LogP contribution is -2.48. The zero-order valence-corrected chi connectivity index (χ0v) is 17.0. The van der Waals surface area contributed by atoms with Crippen LogP contribution in [0.3, 0.4) is 0 Å². The van der Waals surface area contributed by atoms with Gasteiger partial charge in [0.2, 0.25) is 0 Å². The van der Waals surface area contributed by atoms with Crippen LogP contribution in [-0.4, -0.2) is 56.5 Å². The van der Waals surface area contributed by atoms with Crippen LogP contribution in [0.5, 0.6) is 0 Å². The summed E-state index contributed by atoms with van der Waals surface area (Å²) in [5.74, 6) is 0.416. The molecule has 0 atom stereocenters. The molecule has 3 aromatic rings. The summed E-state index contributed by atoms with van der Waals surface area (Å²) in [5.41, 5.74) is -0.885. The molecular formula is C18H17BrF3N5O2. The van der Waals surface area contributed by atoms with Gasteiger partial charge in [-0.2, -0.15) is 18.3 Å². The summed E-state index contributed by atoms with van der Waals surface area (Å²) in [5, 5.41) is 3.94. The Morgan fingerprint density at radius 2 is 2.00 bits per heavy atom. The van der Waals surface area contributed by atoms with Crippen molar-refractivity contribution in [2.45, 2.75) is 19.6 Å². The largest absolute Gasteiger partial charge is 0.468 e. The van der Waals surface area contributed by atoms with Crippen molar-refractivity contribution in [3.63, 3.8) is 0 Å². The van der Waals surface area contributed by atoms with Gasteiger partial charge in [0.25, 0.3) is 5.91 Å². The van der Waals surface area contributed by atoms with E-state index in [2.05, 4.69) is 30.9 Å². The summed E-state index contributed by atoms with van der Waals surface area (Å²) in [4.78, 5) is 20.8.